The van der Waals surface area contributed by atoms with E-state index in [0.717, 1.165) is 31.2 Å². The second-order valence-electron chi connectivity index (χ2n) is 5.66. The molecule has 106 valence electrons. The van der Waals surface area contributed by atoms with E-state index in [4.69, 9.17) is 4.74 Å². The van der Waals surface area contributed by atoms with Gasteiger partial charge in [0.25, 0.3) is 0 Å². The van der Waals surface area contributed by atoms with E-state index in [2.05, 4.69) is 50.4 Å². The largest absolute Gasteiger partial charge is 0.492 e. The van der Waals surface area contributed by atoms with Crippen LogP contribution in [0.4, 0.5) is 0 Å². The zero-order valence-electron chi connectivity index (χ0n) is 12.5. The Morgan fingerprint density at radius 1 is 1.26 bits per heavy atom. The van der Waals surface area contributed by atoms with Crippen LogP contribution in [-0.2, 0) is 0 Å². The van der Waals surface area contributed by atoms with Crippen LogP contribution in [0.3, 0.4) is 0 Å². The van der Waals surface area contributed by atoms with E-state index in [-0.39, 0.29) is 0 Å². The minimum absolute atomic E-state index is 0.523. The Morgan fingerprint density at radius 2 is 2.00 bits per heavy atom. The molecule has 1 N–H and O–H groups in total. The summed E-state index contributed by atoms with van der Waals surface area (Å²) in [6, 6.07) is 9.01. The molecule has 1 aliphatic rings. The van der Waals surface area contributed by atoms with Gasteiger partial charge in [0.1, 0.15) is 12.4 Å². The van der Waals surface area contributed by atoms with Gasteiger partial charge in [-0.25, -0.2) is 0 Å². The summed E-state index contributed by atoms with van der Waals surface area (Å²) in [6.45, 7) is 8.49. The van der Waals surface area contributed by atoms with E-state index in [9.17, 15) is 0 Å². The lowest BCUT2D eigenvalue weighted by atomic mass is 9.98. The summed E-state index contributed by atoms with van der Waals surface area (Å²) in [5.41, 5.74) is 1.34. The average Bonchev–Trinajstić information content (AvgIpc) is 3.27. The maximum atomic E-state index is 6.11. The molecule has 0 amide bonds. The molecule has 2 rings (SSSR count). The molecule has 1 aromatic carbocycles. The summed E-state index contributed by atoms with van der Waals surface area (Å²) in [5.74, 6) is 2.46. The predicted molar refractivity (Wildman–Crippen MR) is 80.8 cm³/mol. The van der Waals surface area contributed by atoms with Gasteiger partial charge in [-0.1, -0.05) is 39.0 Å². The molecule has 19 heavy (non-hydrogen) atoms. The fourth-order valence-corrected chi connectivity index (χ4v) is 2.54. The van der Waals surface area contributed by atoms with E-state index in [1.165, 1.54) is 18.4 Å². The van der Waals surface area contributed by atoms with E-state index in [1.807, 2.05) is 0 Å². The second kappa shape index (κ2) is 6.95. The molecule has 2 heteroatoms. The summed E-state index contributed by atoms with van der Waals surface area (Å²) in [5, 5.41) is 3.55. The third kappa shape index (κ3) is 3.97. The van der Waals surface area contributed by atoms with Gasteiger partial charge in [0.15, 0.2) is 0 Å². The first-order chi connectivity index (χ1) is 9.26. The van der Waals surface area contributed by atoms with Crippen molar-refractivity contribution in [3.8, 4) is 5.75 Å². The van der Waals surface area contributed by atoms with E-state index in [0.29, 0.717) is 12.0 Å². The topological polar surface area (TPSA) is 21.3 Å². The first-order valence-corrected chi connectivity index (χ1v) is 7.71. The van der Waals surface area contributed by atoms with Gasteiger partial charge in [-0.15, -0.1) is 0 Å². The number of likely N-dealkylation sites (N-methyl/N-ethyl adjacent to an activating group) is 1. The first kappa shape index (κ1) is 14.4. The van der Waals surface area contributed by atoms with Gasteiger partial charge in [-0.2, -0.15) is 0 Å². The van der Waals surface area contributed by atoms with Crippen LogP contribution in [0, 0.1) is 5.92 Å². The molecule has 0 heterocycles. The normalized spacial score (nSPS) is 18.1. The Morgan fingerprint density at radius 3 is 2.63 bits per heavy atom. The van der Waals surface area contributed by atoms with Gasteiger partial charge in [-0.05, 0) is 49.3 Å². The molecule has 0 aromatic heterocycles. The van der Waals surface area contributed by atoms with Gasteiger partial charge < -0.3 is 10.1 Å². The van der Waals surface area contributed by atoms with Crippen LogP contribution in [0.25, 0.3) is 0 Å². The molecule has 1 fully saturated rings. The van der Waals surface area contributed by atoms with Crippen molar-refractivity contribution < 1.29 is 4.74 Å². The van der Waals surface area contributed by atoms with Crippen molar-refractivity contribution in [1.29, 1.82) is 0 Å². The number of rotatable bonds is 8. The van der Waals surface area contributed by atoms with Crippen molar-refractivity contribution in [3.63, 3.8) is 0 Å². The van der Waals surface area contributed by atoms with Crippen LogP contribution >= 0.6 is 0 Å². The van der Waals surface area contributed by atoms with Gasteiger partial charge in [-0.3, -0.25) is 0 Å². The number of hydrogen-bond donors (Lipinski definition) is 1. The fourth-order valence-electron chi connectivity index (χ4n) is 2.54. The Balaban J connectivity index is 1.97. The van der Waals surface area contributed by atoms with Gasteiger partial charge in [0, 0.05) is 6.04 Å². The van der Waals surface area contributed by atoms with Gasteiger partial charge in [0.2, 0.25) is 0 Å². The summed E-state index contributed by atoms with van der Waals surface area (Å²) in [6.07, 6.45) is 3.86. The molecule has 1 saturated carbocycles. The summed E-state index contributed by atoms with van der Waals surface area (Å²) in [7, 11) is 0. The molecule has 0 spiro atoms. The smallest absolute Gasteiger partial charge is 0.122 e. The Hall–Kier alpha value is -1.02. The third-order valence-corrected chi connectivity index (χ3v) is 4.14. The van der Waals surface area contributed by atoms with E-state index < -0.39 is 0 Å². The minimum atomic E-state index is 0.523. The molecule has 1 aliphatic carbocycles. The molecule has 0 saturated heterocycles. The zero-order chi connectivity index (χ0) is 13.7. The van der Waals surface area contributed by atoms with Crippen molar-refractivity contribution >= 4 is 0 Å². The average molecular weight is 261 g/mol. The number of ether oxygens (including phenoxy) is 1. The number of para-hydroxylation sites is 1. The van der Waals surface area contributed by atoms with Gasteiger partial charge >= 0.3 is 0 Å². The van der Waals surface area contributed by atoms with Crippen LogP contribution in [0.15, 0.2) is 24.3 Å². The van der Waals surface area contributed by atoms with Crippen LogP contribution in [0.5, 0.6) is 5.75 Å². The maximum absolute atomic E-state index is 6.11. The van der Waals surface area contributed by atoms with Crippen LogP contribution in [-0.4, -0.2) is 19.2 Å². The van der Waals surface area contributed by atoms with E-state index >= 15 is 0 Å². The molecule has 2 atom stereocenters. The number of hydrogen-bond acceptors (Lipinski definition) is 2. The molecule has 1 aromatic rings. The lowest BCUT2D eigenvalue weighted by molar-refractivity contribution is 0.248. The lowest BCUT2D eigenvalue weighted by Gasteiger charge is -2.21. The summed E-state index contributed by atoms with van der Waals surface area (Å²) >= 11 is 0. The SMILES string of the molecule is CCNC(COc1ccccc1C(C)CC)C1CC1. The quantitative estimate of drug-likeness (QED) is 0.764. The Kier molecular flexibility index (Phi) is 5.26. The minimum Gasteiger partial charge on any atom is -0.492 e. The standard InChI is InChI=1S/C17H27NO/c1-4-13(3)15-8-6-7-9-17(15)19-12-16(18-5-2)14-10-11-14/h6-9,13-14,16,18H,4-5,10-12H2,1-3H3. The summed E-state index contributed by atoms with van der Waals surface area (Å²) in [4.78, 5) is 0. The van der Waals surface area contributed by atoms with Crippen molar-refractivity contribution in [1.82, 2.24) is 5.32 Å². The molecule has 0 radical (unpaired) electrons. The monoisotopic (exact) mass is 261 g/mol. The predicted octanol–water partition coefficient (Wildman–Crippen LogP) is 3.97. The highest BCUT2D eigenvalue weighted by Crippen LogP contribution is 2.34. The zero-order valence-corrected chi connectivity index (χ0v) is 12.5. The molecule has 2 nitrogen and oxygen atoms in total. The fraction of sp³-hybridized carbons (Fsp3) is 0.647. The molecule has 0 aliphatic heterocycles. The molecule has 0 bridgehead atoms. The van der Waals surface area contributed by atoms with Gasteiger partial charge in [0.05, 0.1) is 0 Å². The van der Waals surface area contributed by atoms with Crippen LogP contribution < -0.4 is 10.1 Å². The number of nitrogens with one attached hydrogen (secondary N) is 1. The highest BCUT2D eigenvalue weighted by atomic mass is 16.5. The van der Waals surface area contributed by atoms with Crippen molar-refractivity contribution in [2.45, 2.75) is 52.0 Å². The van der Waals surface area contributed by atoms with Crippen molar-refractivity contribution in [2.75, 3.05) is 13.2 Å². The third-order valence-electron chi connectivity index (χ3n) is 4.14. The van der Waals surface area contributed by atoms with E-state index in [1.54, 1.807) is 0 Å². The lowest BCUT2D eigenvalue weighted by Crippen LogP contribution is -2.36. The molecular formula is C17H27NO. The number of benzene rings is 1. The van der Waals surface area contributed by atoms with Crippen molar-refractivity contribution in [2.24, 2.45) is 5.92 Å². The summed E-state index contributed by atoms with van der Waals surface area (Å²) < 4.78 is 6.11. The first-order valence-electron chi connectivity index (χ1n) is 7.71. The molecule has 2 unspecified atom stereocenters. The maximum Gasteiger partial charge on any atom is 0.122 e. The van der Waals surface area contributed by atoms with Crippen LogP contribution in [0.2, 0.25) is 0 Å². The molecular weight excluding hydrogens is 234 g/mol. The van der Waals surface area contributed by atoms with Crippen LogP contribution in [0.1, 0.15) is 51.5 Å². The second-order valence-corrected chi connectivity index (χ2v) is 5.66. The Labute approximate surface area is 117 Å². The Bertz CT molecular complexity index is 387. The highest BCUT2D eigenvalue weighted by Gasteiger charge is 2.31. The van der Waals surface area contributed by atoms with Crippen molar-refractivity contribution in [3.05, 3.63) is 29.8 Å². The highest BCUT2D eigenvalue weighted by molar-refractivity contribution is 5.35.